The molecule has 0 unspecified atom stereocenters. The van der Waals surface area contributed by atoms with Gasteiger partial charge in [0, 0.05) is 6.08 Å². The summed E-state index contributed by atoms with van der Waals surface area (Å²) >= 11 is 0. The van der Waals surface area contributed by atoms with Crippen molar-refractivity contribution in [3.8, 4) is 0 Å². The molecule has 0 heterocycles. The highest BCUT2D eigenvalue weighted by atomic mass is 32.2. The number of hydrogen-bond donors (Lipinski definition) is 0. The molecular formula is C27H44O13S. The molecule has 0 saturated heterocycles. The Morgan fingerprint density at radius 3 is 1.20 bits per heavy atom. The predicted molar refractivity (Wildman–Crippen MR) is 147 cm³/mol. The Kier molecular flexibility index (Phi) is 24.3. The molecule has 0 aliphatic carbocycles. The minimum Gasteiger partial charge on any atom is -0.460 e. The van der Waals surface area contributed by atoms with Gasteiger partial charge in [-0.1, -0.05) is 24.8 Å². The Bertz CT molecular complexity index is 852. The van der Waals surface area contributed by atoms with Crippen LogP contribution in [0.25, 0.3) is 0 Å². The van der Waals surface area contributed by atoms with Gasteiger partial charge in [-0.25, -0.2) is 4.79 Å². The van der Waals surface area contributed by atoms with Crippen molar-refractivity contribution in [1.82, 2.24) is 0 Å². The van der Waals surface area contributed by atoms with Crippen LogP contribution in [0.15, 0.2) is 47.9 Å². The molecule has 0 amide bonds. The first-order chi connectivity index (χ1) is 20.1. The van der Waals surface area contributed by atoms with E-state index in [0.29, 0.717) is 99.1 Å². The van der Waals surface area contributed by atoms with Gasteiger partial charge in [-0.05, 0) is 12.1 Å². The maximum absolute atomic E-state index is 11.9. The monoisotopic (exact) mass is 608 g/mol. The molecule has 14 heteroatoms. The Morgan fingerprint density at radius 1 is 0.537 bits per heavy atom. The first kappa shape index (κ1) is 37.0. The minimum atomic E-state index is -3.76. The summed E-state index contributed by atoms with van der Waals surface area (Å²) in [6.45, 7) is 9.94. The predicted octanol–water partition coefficient (Wildman–Crippen LogP) is 1.25. The Morgan fingerprint density at radius 2 is 0.854 bits per heavy atom. The van der Waals surface area contributed by atoms with E-state index in [0.717, 1.165) is 6.08 Å². The number of hydrogen-bond acceptors (Lipinski definition) is 13. The van der Waals surface area contributed by atoms with Crippen molar-refractivity contribution in [3.63, 3.8) is 0 Å². The molecule has 1 rings (SSSR count). The fourth-order valence-corrected chi connectivity index (χ4v) is 3.67. The molecule has 0 saturated carbocycles. The molecule has 0 atom stereocenters. The van der Waals surface area contributed by atoms with Gasteiger partial charge in [-0.2, -0.15) is 8.42 Å². The Balaban J connectivity index is 1.70. The molecule has 0 radical (unpaired) electrons. The van der Waals surface area contributed by atoms with Gasteiger partial charge in [-0.3, -0.25) is 4.18 Å². The van der Waals surface area contributed by atoms with Crippen LogP contribution in [0.1, 0.15) is 0 Å². The highest BCUT2D eigenvalue weighted by molar-refractivity contribution is 7.86. The molecule has 0 bridgehead atoms. The largest absolute Gasteiger partial charge is 0.460 e. The standard InChI is InChI=1S/C27H44O13S/c1-2-27(28)39-24-22-37-20-18-35-16-14-33-12-10-31-8-9-32-11-13-34-15-17-36-19-21-38-23-25-40-41(29,30)26-6-4-3-5-7-26/h2-7H,1,8-25H2. The van der Waals surface area contributed by atoms with E-state index < -0.39 is 16.1 Å². The fraction of sp³-hybridized carbons (Fsp3) is 0.667. The summed E-state index contributed by atoms with van der Waals surface area (Å²) in [6, 6.07) is 7.96. The summed E-state index contributed by atoms with van der Waals surface area (Å²) in [7, 11) is -3.76. The van der Waals surface area contributed by atoms with Crippen molar-refractivity contribution in [2.75, 3.05) is 119 Å². The van der Waals surface area contributed by atoms with E-state index in [4.69, 9.17) is 46.8 Å². The zero-order valence-corrected chi connectivity index (χ0v) is 24.4. The first-order valence-electron chi connectivity index (χ1n) is 13.4. The average molecular weight is 609 g/mol. The van der Waals surface area contributed by atoms with Crippen LogP contribution in [-0.4, -0.2) is 133 Å². The lowest BCUT2D eigenvalue weighted by Crippen LogP contribution is -2.15. The van der Waals surface area contributed by atoms with E-state index in [1.54, 1.807) is 18.2 Å². The molecule has 0 aliphatic rings. The van der Waals surface area contributed by atoms with Crippen molar-refractivity contribution < 1.29 is 60.0 Å². The number of esters is 1. The number of ether oxygens (including phenoxy) is 9. The van der Waals surface area contributed by atoms with Gasteiger partial charge in [0.15, 0.2) is 0 Å². The molecule has 41 heavy (non-hydrogen) atoms. The van der Waals surface area contributed by atoms with Gasteiger partial charge >= 0.3 is 5.97 Å². The molecule has 13 nitrogen and oxygen atoms in total. The van der Waals surface area contributed by atoms with Crippen molar-refractivity contribution in [1.29, 1.82) is 0 Å². The van der Waals surface area contributed by atoms with Crippen LogP contribution in [0, 0.1) is 0 Å². The van der Waals surface area contributed by atoms with Crippen molar-refractivity contribution >= 4 is 16.1 Å². The van der Waals surface area contributed by atoms with Crippen LogP contribution in [0.3, 0.4) is 0 Å². The third-order valence-electron chi connectivity index (χ3n) is 4.74. The second-order valence-corrected chi connectivity index (χ2v) is 9.48. The molecule has 0 spiro atoms. The van der Waals surface area contributed by atoms with Gasteiger partial charge in [0.05, 0.1) is 117 Å². The van der Waals surface area contributed by atoms with Crippen LogP contribution in [0.5, 0.6) is 0 Å². The average Bonchev–Trinajstić information content (AvgIpc) is 2.98. The van der Waals surface area contributed by atoms with E-state index >= 15 is 0 Å². The fourth-order valence-electron chi connectivity index (χ4n) is 2.76. The number of carbonyl (C=O) groups is 1. The lowest BCUT2D eigenvalue weighted by molar-refractivity contribution is -0.139. The molecule has 1 aromatic rings. The minimum absolute atomic E-state index is 0.0623. The summed E-state index contributed by atoms with van der Waals surface area (Å²) in [4.78, 5) is 10.9. The highest BCUT2D eigenvalue weighted by Gasteiger charge is 2.13. The van der Waals surface area contributed by atoms with Gasteiger partial charge < -0.3 is 42.6 Å². The van der Waals surface area contributed by atoms with Crippen LogP contribution in [0.4, 0.5) is 0 Å². The zero-order valence-electron chi connectivity index (χ0n) is 23.6. The van der Waals surface area contributed by atoms with Gasteiger partial charge in [0.2, 0.25) is 0 Å². The van der Waals surface area contributed by atoms with Crippen LogP contribution >= 0.6 is 0 Å². The lowest BCUT2D eigenvalue weighted by atomic mass is 10.4. The first-order valence-corrected chi connectivity index (χ1v) is 14.8. The molecule has 0 aromatic heterocycles. The molecule has 1 aromatic carbocycles. The summed E-state index contributed by atoms with van der Waals surface area (Å²) in [5, 5.41) is 0. The Hall–Kier alpha value is -1.98. The third kappa shape index (κ3) is 23.3. The van der Waals surface area contributed by atoms with Crippen molar-refractivity contribution in [2.24, 2.45) is 0 Å². The summed E-state index contributed by atoms with van der Waals surface area (Å²) in [5.74, 6) is -0.467. The van der Waals surface area contributed by atoms with Crippen LogP contribution < -0.4 is 0 Å². The van der Waals surface area contributed by atoms with E-state index in [2.05, 4.69) is 6.58 Å². The number of carbonyl (C=O) groups excluding carboxylic acids is 1. The maximum Gasteiger partial charge on any atom is 0.330 e. The molecule has 236 valence electrons. The lowest BCUT2D eigenvalue weighted by Gasteiger charge is -2.09. The molecular weight excluding hydrogens is 564 g/mol. The summed E-state index contributed by atoms with van der Waals surface area (Å²) in [5.41, 5.74) is 0. The normalized spacial score (nSPS) is 11.5. The van der Waals surface area contributed by atoms with Gasteiger partial charge in [-0.15, -0.1) is 0 Å². The maximum atomic E-state index is 11.9. The quantitative estimate of drug-likeness (QED) is 0.0535. The molecule has 0 N–H and O–H groups in total. The second kappa shape index (κ2) is 26.9. The number of rotatable bonds is 30. The Labute approximate surface area is 243 Å². The summed E-state index contributed by atoms with van der Waals surface area (Å²) < 4.78 is 76.5. The number of benzene rings is 1. The van der Waals surface area contributed by atoms with E-state index in [1.807, 2.05) is 0 Å². The van der Waals surface area contributed by atoms with E-state index in [1.165, 1.54) is 12.1 Å². The van der Waals surface area contributed by atoms with Gasteiger partial charge in [0.25, 0.3) is 10.1 Å². The van der Waals surface area contributed by atoms with Gasteiger partial charge in [0.1, 0.15) is 6.61 Å². The van der Waals surface area contributed by atoms with E-state index in [-0.39, 0.29) is 24.7 Å². The van der Waals surface area contributed by atoms with Crippen molar-refractivity contribution in [3.05, 3.63) is 43.0 Å². The van der Waals surface area contributed by atoms with Crippen LogP contribution in [0.2, 0.25) is 0 Å². The molecule has 0 aliphatic heterocycles. The highest BCUT2D eigenvalue weighted by Crippen LogP contribution is 2.10. The van der Waals surface area contributed by atoms with Crippen molar-refractivity contribution in [2.45, 2.75) is 4.90 Å². The molecule has 0 fully saturated rings. The smallest absolute Gasteiger partial charge is 0.330 e. The topological polar surface area (TPSA) is 144 Å². The SMILES string of the molecule is C=CC(=O)OCCOCCOCCOCCOCCOCCOCCOCCOCCOS(=O)(=O)c1ccccc1. The third-order valence-corrected chi connectivity index (χ3v) is 6.07. The zero-order chi connectivity index (χ0) is 29.7. The second-order valence-electron chi connectivity index (χ2n) is 7.86. The van der Waals surface area contributed by atoms with E-state index in [9.17, 15) is 13.2 Å². The van der Waals surface area contributed by atoms with Crippen LogP contribution in [-0.2, 0) is 61.7 Å². The summed E-state index contributed by atoms with van der Waals surface area (Å²) in [6.07, 6.45) is 1.11.